The monoisotopic (exact) mass is 242 g/mol. The normalized spacial score (nSPS) is 16.9. The van der Waals surface area contributed by atoms with Crippen LogP contribution >= 0.6 is 0 Å². The maximum absolute atomic E-state index is 9.19. The summed E-state index contributed by atoms with van der Waals surface area (Å²) in [6.45, 7) is 3.01. The Balaban J connectivity index is 1.97. The highest BCUT2D eigenvalue weighted by Crippen LogP contribution is 2.24. The molecule has 0 radical (unpaired) electrons. The Labute approximate surface area is 110 Å². The van der Waals surface area contributed by atoms with Crippen LogP contribution in [0.15, 0.2) is 18.2 Å². The van der Waals surface area contributed by atoms with E-state index in [4.69, 9.17) is 0 Å². The van der Waals surface area contributed by atoms with Gasteiger partial charge in [0.25, 0.3) is 0 Å². The predicted molar refractivity (Wildman–Crippen MR) is 75.6 cm³/mol. The number of nitrogens with zero attached hydrogens (tertiary/aromatic N) is 1. The molecule has 2 rings (SSSR count). The summed E-state index contributed by atoms with van der Waals surface area (Å²) in [5.41, 5.74) is 2.86. The van der Waals surface area contributed by atoms with Crippen molar-refractivity contribution in [2.45, 2.75) is 45.4 Å². The fourth-order valence-electron chi connectivity index (χ4n) is 2.79. The molecule has 0 atom stereocenters. The van der Waals surface area contributed by atoms with Gasteiger partial charge in [-0.25, -0.2) is 0 Å². The SMILES string of the molecule is Cc1cccc(NCC2CCCCCC2)c1C#N. The van der Waals surface area contributed by atoms with Crippen molar-refractivity contribution in [2.24, 2.45) is 5.92 Å². The van der Waals surface area contributed by atoms with Gasteiger partial charge < -0.3 is 5.32 Å². The van der Waals surface area contributed by atoms with Gasteiger partial charge in [-0.2, -0.15) is 5.26 Å². The number of anilines is 1. The molecule has 0 spiro atoms. The first kappa shape index (κ1) is 13.0. The minimum absolute atomic E-state index is 0.777. The van der Waals surface area contributed by atoms with Gasteiger partial charge in [0, 0.05) is 6.54 Å². The van der Waals surface area contributed by atoms with Gasteiger partial charge in [-0.05, 0) is 37.3 Å². The van der Waals surface area contributed by atoms with Crippen molar-refractivity contribution < 1.29 is 0 Å². The molecule has 0 aromatic heterocycles. The van der Waals surface area contributed by atoms with Gasteiger partial charge >= 0.3 is 0 Å². The molecule has 1 aromatic carbocycles. The maximum atomic E-state index is 9.19. The first-order valence-electron chi connectivity index (χ1n) is 7.05. The van der Waals surface area contributed by atoms with E-state index in [-0.39, 0.29) is 0 Å². The third-order valence-electron chi connectivity index (χ3n) is 3.94. The van der Waals surface area contributed by atoms with E-state index in [1.165, 1.54) is 38.5 Å². The molecule has 2 nitrogen and oxygen atoms in total. The van der Waals surface area contributed by atoms with E-state index < -0.39 is 0 Å². The average Bonchev–Trinajstić information content (AvgIpc) is 2.65. The van der Waals surface area contributed by atoms with Crippen LogP contribution in [0.2, 0.25) is 0 Å². The average molecular weight is 242 g/mol. The van der Waals surface area contributed by atoms with Crippen molar-refractivity contribution in [3.63, 3.8) is 0 Å². The lowest BCUT2D eigenvalue weighted by atomic mass is 10.00. The Morgan fingerprint density at radius 1 is 1.22 bits per heavy atom. The van der Waals surface area contributed by atoms with E-state index in [2.05, 4.69) is 11.4 Å². The summed E-state index contributed by atoms with van der Waals surface area (Å²) in [6, 6.07) is 8.33. The van der Waals surface area contributed by atoms with Gasteiger partial charge in [0.15, 0.2) is 0 Å². The lowest BCUT2D eigenvalue weighted by molar-refractivity contribution is 0.483. The van der Waals surface area contributed by atoms with E-state index >= 15 is 0 Å². The number of hydrogen-bond acceptors (Lipinski definition) is 2. The van der Waals surface area contributed by atoms with Crippen LogP contribution in [0.5, 0.6) is 0 Å². The van der Waals surface area contributed by atoms with Crippen LogP contribution in [0.25, 0.3) is 0 Å². The smallest absolute Gasteiger partial charge is 0.102 e. The summed E-state index contributed by atoms with van der Waals surface area (Å²) in [5.74, 6) is 0.777. The molecule has 1 aromatic rings. The molecule has 1 aliphatic carbocycles. The minimum Gasteiger partial charge on any atom is -0.384 e. The van der Waals surface area contributed by atoms with Crippen LogP contribution in [0.3, 0.4) is 0 Å². The van der Waals surface area contributed by atoms with Gasteiger partial charge in [-0.15, -0.1) is 0 Å². The summed E-state index contributed by atoms with van der Waals surface area (Å²) in [7, 11) is 0. The van der Waals surface area contributed by atoms with E-state index in [0.717, 1.165) is 29.3 Å². The largest absolute Gasteiger partial charge is 0.384 e. The highest BCUT2D eigenvalue weighted by Gasteiger charge is 2.13. The fourth-order valence-corrected chi connectivity index (χ4v) is 2.79. The molecular weight excluding hydrogens is 220 g/mol. The van der Waals surface area contributed by atoms with Gasteiger partial charge in [-0.3, -0.25) is 0 Å². The van der Waals surface area contributed by atoms with Crippen molar-refractivity contribution in [1.82, 2.24) is 0 Å². The molecule has 1 N–H and O–H groups in total. The molecule has 18 heavy (non-hydrogen) atoms. The Hall–Kier alpha value is -1.49. The fraction of sp³-hybridized carbons (Fsp3) is 0.562. The Kier molecular flexibility index (Phi) is 4.64. The van der Waals surface area contributed by atoms with Gasteiger partial charge in [-0.1, -0.05) is 37.8 Å². The van der Waals surface area contributed by atoms with E-state index in [1.54, 1.807) is 0 Å². The third-order valence-corrected chi connectivity index (χ3v) is 3.94. The molecule has 1 saturated carbocycles. The van der Waals surface area contributed by atoms with Crippen LogP contribution in [-0.4, -0.2) is 6.54 Å². The van der Waals surface area contributed by atoms with Crippen LogP contribution in [0, 0.1) is 24.2 Å². The summed E-state index contributed by atoms with van der Waals surface area (Å²) >= 11 is 0. The molecule has 1 fully saturated rings. The van der Waals surface area contributed by atoms with Crippen molar-refractivity contribution in [2.75, 3.05) is 11.9 Å². The molecular formula is C16H22N2. The highest BCUT2D eigenvalue weighted by atomic mass is 14.9. The van der Waals surface area contributed by atoms with Crippen molar-refractivity contribution in [3.8, 4) is 6.07 Å². The molecule has 2 heteroatoms. The second-order valence-electron chi connectivity index (χ2n) is 5.35. The molecule has 0 amide bonds. The van der Waals surface area contributed by atoms with Gasteiger partial charge in [0.2, 0.25) is 0 Å². The second-order valence-corrected chi connectivity index (χ2v) is 5.35. The zero-order valence-corrected chi connectivity index (χ0v) is 11.2. The summed E-state index contributed by atoms with van der Waals surface area (Å²) in [5, 5.41) is 12.7. The van der Waals surface area contributed by atoms with Crippen molar-refractivity contribution >= 4 is 5.69 Å². The lowest BCUT2D eigenvalue weighted by Crippen LogP contribution is -2.14. The molecule has 1 aliphatic rings. The predicted octanol–water partition coefficient (Wildman–Crippen LogP) is 4.25. The number of nitriles is 1. The van der Waals surface area contributed by atoms with Crippen LogP contribution < -0.4 is 5.32 Å². The standard InChI is InChI=1S/C16H22N2/c1-13-7-6-10-16(15(13)11-17)18-12-14-8-4-2-3-5-9-14/h6-7,10,14,18H,2-5,8-9,12H2,1H3. The Morgan fingerprint density at radius 2 is 1.94 bits per heavy atom. The molecule has 0 unspecified atom stereocenters. The van der Waals surface area contributed by atoms with E-state index in [0.29, 0.717) is 0 Å². The zero-order chi connectivity index (χ0) is 12.8. The number of rotatable bonds is 3. The molecule has 0 saturated heterocycles. The summed E-state index contributed by atoms with van der Waals surface area (Å²) in [6.07, 6.45) is 8.19. The van der Waals surface area contributed by atoms with Crippen LogP contribution in [-0.2, 0) is 0 Å². The topological polar surface area (TPSA) is 35.8 Å². The Morgan fingerprint density at radius 3 is 2.61 bits per heavy atom. The van der Waals surface area contributed by atoms with E-state index in [1.807, 2.05) is 25.1 Å². The van der Waals surface area contributed by atoms with Gasteiger partial charge in [0.05, 0.1) is 11.3 Å². The highest BCUT2D eigenvalue weighted by molar-refractivity contribution is 5.60. The number of benzene rings is 1. The second kappa shape index (κ2) is 6.44. The van der Waals surface area contributed by atoms with E-state index in [9.17, 15) is 5.26 Å². The number of nitrogens with one attached hydrogen (secondary N) is 1. The molecule has 0 bridgehead atoms. The summed E-state index contributed by atoms with van der Waals surface area (Å²) in [4.78, 5) is 0. The van der Waals surface area contributed by atoms with Gasteiger partial charge in [0.1, 0.15) is 6.07 Å². The minimum atomic E-state index is 0.777. The maximum Gasteiger partial charge on any atom is 0.102 e. The van der Waals surface area contributed by atoms with Crippen molar-refractivity contribution in [3.05, 3.63) is 29.3 Å². The number of hydrogen-bond donors (Lipinski definition) is 1. The lowest BCUT2D eigenvalue weighted by Gasteiger charge is -2.17. The molecule has 0 aliphatic heterocycles. The Bertz CT molecular complexity index is 423. The quantitative estimate of drug-likeness (QED) is 0.804. The zero-order valence-electron chi connectivity index (χ0n) is 11.2. The first-order chi connectivity index (χ1) is 8.81. The van der Waals surface area contributed by atoms with Crippen LogP contribution in [0.1, 0.15) is 49.7 Å². The molecule has 0 heterocycles. The molecule has 96 valence electrons. The summed E-state index contributed by atoms with van der Waals surface area (Å²) < 4.78 is 0. The van der Waals surface area contributed by atoms with Crippen LogP contribution in [0.4, 0.5) is 5.69 Å². The first-order valence-corrected chi connectivity index (χ1v) is 7.05. The number of aryl methyl sites for hydroxylation is 1. The third kappa shape index (κ3) is 3.26. The van der Waals surface area contributed by atoms with Crippen molar-refractivity contribution in [1.29, 1.82) is 5.26 Å².